The van der Waals surface area contributed by atoms with E-state index in [9.17, 15) is 114 Å². The van der Waals surface area contributed by atoms with Gasteiger partial charge in [-0.2, -0.15) is 52.7 Å². The van der Waals surface area contributed by atoms with E-state index in [4.69, 9.17) is 0 Å². The minimum absolute atomic E-state index is 0.144. The number of fused-ring (bicyclic) bond motifs is 12. The highest BCUT2D eigenvalue weighted by atomic mass is 19.4. The summed E-state index contributed by atoms with van der Waals surface area (Å²) < 4.78 is 393. The molecule has 2 aromatic heterocycles. The van der Waals surface area contributed by atoms with Crippen molar-refractivity contribution in [1.29, 1.82) is 0 Å². The van der Waals surface area contributed by atoms with E-state index in [1.807, 2.05) is 49.7 Å². The SMILES string of the molecule is CC1(C)c2ccccc2N(c2c(F)c(F)c(C(F)(F)F)c(F)c2F)c2ccccc21.Cn1c2ccccc2c2cc3c(cc21)c1ccccc1n3-c1c(F)c(F)c(C(F)(F)F)c(F)c1F.Fc1c(F)c(C(F)(F)F)c(F)c(F)c1N1c2ccccc2C=Cc2ccccc21.Fc1c(F)c(C(F)(F)F)c(F)c(F)c1N1c2ccccc2CCc2ccccc21. The molecule has 18 rings (SSSR count). The molecule has 0 radical (unpaired) electrons. The molecular formula is C90H49F28N5. The highest BCUT2D eigenvalue weighted by Gasteiger charge is 2.49. The molecule has 0 aliphatic carbocycles. The van der Waals surface area contributed by atoms with Gasteiger partial charge in [0.2, 0.25) is 0 Å². The Kier molecular flexibility index (Phi) is 21.3. The van der Waals surface area contributed by atoms with Gasteiger partial charge in [-0.15, -0.1) is 0 Å². The number of hydrogen-bond acceptors (Lipinski definition) is 3. The van der Waals surface area contributed by atoms with E-state index in [0.717, 1.165) is 35.7 Å². The van der Waals surface area contributed by atoms with Crippen molar-refractivity contribution in [2.24, 2.45) is 7.05 Å². The molecule has 123 heavy (non-hydrogen) atoms. The van der Waals surface area contributed by atoms with Crippen LogP contribution in [0.1, 0.15) is 69.5 Å². The van der Waals surface area contributed by atoms with Crippen LogP contribution < -0.4 is 14.7 Å². The van der Waals surface area contributed by atoms with Crippen LogP contribution in [0, 0.1) is 93.1 Å². The highest BCUT2D eigenvalue weighted by Crippen LogP contribution is 2.56. The average molecular weight is 1730 g/mol. The molecule has 630 valence electrons. The smallest absolute Gasteiger partial charge is 0.344 e. The average Bonchev–Trinajstić information content (AvgIpc) is 1.65. The van der Waals surface area contributed by atoms with Crippen LogP contribution in [0.15, 0.2) is 206 Å². The lowest BCUT2D eigenvalue weighted by Gasteiger charge is -2.42. The van der Waals surface area contributed by atoms with Gasteiger partial charge in [0, 0.05) is 56.4 Å². The van der Waals surface area contributed by atoms with Gasteiger partial charge in [0.25, 0.3) is 0 Å². The Balaban J connectivity index is 0.000000128. The summed E-state index contributed by atoms with van der Waals surface area (Å²) in [6.07, 6.45) is -18.2. The zero-order valence-electron chi connectivity index (χ0n) is 62.5. The molecule has 0 amide bonds. The summed E-state index contributed by atoms with van der Waals surface area (Å²) in [5.41, 5.74) is -9.49. The molecule has 3 aliphatic heterocycles. The third kappa shape index (κ3) is 14.0. The lowest BCUT2D eigenvalue weighted by atomic mass is 9.73. The number of halogens is 28. The van der Waals surface area contributed by atoms with Crippen LogP contribution in [-0.2, 0) is 50.0 Å². The Morgan fingerprint density at radius 2 is 0.512 bits per heavy atom. The summed E-state index contributed by atoms with van der Waals surface area (Å²) in [7, 11) is 1.86. The van der Waals surface area contributed by atoms with Gasteiger partial charge < -0.3 is 23.8 Å². The first-order valence-corrected chi connectivity index (χ1v) is 36.3. The highest BCUT2D eigenvalue weighted by molar-refractivity contribution is 6.18. The largest absolute Gasteiger partial charge is 0.422 e. The number of para-hydroxylation sites is 8. The second-order valence-corrected chi connectivity index (χ2v) is 28.6. The predicted molar refractivity (Wildman–Crippen MR) is 406 cm³/mol. The minimum atomic E-state index is -5.62. The first kappa shape index (κ1) is 84.7. The van der Waals surface area contributed by atoms with E-state index in [1.165, 1.54) is 54.6 Å². The molecule has 0 saturated carbocycles. The molecule has 15 aromatic rings. The Hall–Kier alpha value is -13.4. The van der Waals surface area contributed by atoms with Gasteiger partial charge in [0.15, 0.2) is 93.1 Å². The quantitative estimate of drug-likeness (QED) is 0.129. The third-order valence-corrected chi connectivity index (χ3v) is 21.3. The van der Waals surface area contributed by atoms with Crippen molar-refractivity contribution < 1.29 is 123 Å². The molecule has 3 aliphatic rings. The van der Waals surface area contributed by atoms with Crippen molar-refractivity contribution in [3.05, 3.63) is 355 Å². The number of nitrogens with zero attached hydrogens (tertiary/aromatic N) is 5. The fourth-order valence-corrected chi connectivity index (χ4v) is 15.8. The van der Waals surface area contributed by atoms with Gasteiger partial charge >= 0.3 is 24.7 Å². The molecule has 5 heterocycles. The number of hydrogen-bond donors (Lipinski definition) is 0. The van der Waals surface area contributed by atoms with Crippen molar-refractivity contribution in [1.82, 2.24) is 9.13 Å². The van der Waals surface area contributed by atoms with Crippen LogP contribution in [0.25, 0.3) is 61.5 Å². The molecule has 0 bridgehead atoms. The van der Waals surface area contributed by atoms with Gasteiger partial charge in [-0.1, -0.05) is 172 Å². The number of alkyl halides is 12. The van der Waals surface area contributed by atoms with Gasteiger partial charge in [-0.05, 0) is 107 Å². The first-order valence-electron chi connectivity index (χ1n) is 36.3. The fourth-order valence-electron chi connectivity index (χ4n) is 15.8. The van der Waals surface area contributed by atoms with Gasteiger partial charge in [-0.25, -0.2) is 70.2 Å². The van der Waals surface area contributed by atoms with Crippen LogP contribution in [0.2, 0.25) is 0 Å². The summed E-state index contributed by atoms with van der Waals surface area (Å²) >= 11 is 0. The van der Waals surface area contributed by atoms with Crippen molar-refractivity contribution in [3.8, 4) is 5.69 Å². The molecule has 0 atom stereocenters. The summed E-state index contributed by atoms with van der Waals surface area (Å²) in [5.74, 6) is -36.9. The molecule has 33 heteroatoms. The zero-order valence-corrected chi connectivity index (χ0v) is 62.5. The maximum atomic E-state index is 15.1. The lowest BCUT2D eigenvalue weighted by Crippen LogP contribution is -2.32. The summed E-state index contributed by atoms with van der Waals surface area (Å²) in [4.78, 5) is 2.74. The summed E-state index contributed by atoms with van der Waals surface area (Å²) in [6, 6.07) is 55.3. The number of benzene rings is 13. The van der Waals surface area contributed by atoms with Crippen LogP contribution >= 0.6 is 0 Å². The number of aromatic nitrogens is 2. The Bertz CT molecular complexity index is 6530. The summed E-state index contributed by atoms with van der Waals surface area (Å²) in [6.45, 7) is 3.73. The summed E-state index contributed by atoms with van der Waals surface area (Å²) in [5, 5.41) is 2.55. The van der Waals surface area contributed by atoms with E-state index in [0.29, 0.717) is 62.4 Å². The molecule has 5 nitrogen and oxygen atoms in total. The van der Waals surface area contributed by atoms with E-state index in [2.05, 4.69) is 0 Å². The molecule has 13 aromatic carbocycles. The molecule has 0 spiro atoms. The third-order valence-electron chi connectivity index (χ3n) is 21.3. The van der Waals surface area contributed by atoms with Gasteiger partial charge in [0.1, 0.15) is 45.0 Å². The topological polar surface area (TPSA) is 19.6 Å². The van der Waals surface area contributed by atoms with Crippen molar-refractivity contribution in [2.75, 3.05) is 14.7 Å². The monoisotopic (exact) mass is 1730 g/mol. The Labute approximate surface area is 675 Å². The van der Waals surface area contributed by atoms with Crippen molar-refractivity contribution in [2.45, 2.75) is 56.8 Å². The molecule has 0 fully saturated rings. The van der Waals surface area contributed by atoms with Gasteiger partial charge in [-0.3, -0.25) is 0 Å². The molecule has 0 saturated heterocycles. The zero-order chi connectivity index (χ0) is 88.7. The van der Waals surface area contributed by atoms with Crippen LogP contribution in [0.3, 0.4) is 0 Å². The van der Waals surface area contributed by atoms with Crippen LogP contribution in [0.5, 0.6) is 0 Å². The number of rotatable bonds is 4. The van der Waals surface area contributed by atoms with E-state index >= 15 is 8.78 Å². The van der Waals surface area contributed by atoms with Crippen molar-refractivity contribution in [3.63, 3.8) is 0 Å². The van der Waals surface area contributed by atoms with Crippen LogP contribution in [0.4, 0.5) is 174 Å². The fraction of sp³-hybridized carbons (Fsp3) is 0.111. The van der Waals surface area contributed by atoms with Crippen molar-refractivity contribution >= 4 is 107 Å². The standard InChI is InChI=1S/C26H13F7N2.C22H14F7N.C21H12F7N.C21H10F7N/c1-34-16-8-4-2-6-12(16)14-11-19-15(10-18(14)34)13-7-3-5-9-17(13)35(19)25-23(29)21(27)20(26(31,32)33)22(28)24(25)30;1-21(2)11-7-3-5-9-13(11)30(14-10-6-4-8-12(14)21)20-18(25)16(23)15(22(27,28)29)17(24)19(20)26;2*22-16-15(21(26,27)28)17(23)19(25)20(18(16)24)29-13-7-3-1-5-11(13)9-10-12-6-2-4-8-14(12)29/h2-11H,1H3;3-10H,1-2H3;1-8H,9-10H2;1-10H. The second-order valence-electron chi connectivity index (χ2n) is 28.6. The predicted octanol–water partition coefficient (Wildman–Crippen LogP) is 29.4. The lowest BCUT2D eigenvalue weighted by molar-refractivity contribution is -0.144. The number of aryl methyl sites for hydroxylation is 3. The molecule has 0 unspecified atom stereocenters. The van der Waals surface area contributed by atoms with E-state index < -0.39 is 168 Å². The van der Waals surface area contributed by atoms with E-state index in [-0.39, 0.29) is 45.2 Å². The van der Waals surface area contributed by atoms with E-state index in [1.54, 1.807) is 140 Å². The maximum absolute atomic E-state index is 15.1. The second kappa shape index (κ2) is 31.0. The molecule has 0 N–H and O–H groups in total. The first-order chi connectivity index (χ1) is 58.0. The number of anilines is 9. The normalized spacial score (nSPS) is 13.6. The van der Waals surface area contributed by atoms with Gasteiger partial charge in [0.05, 0.1) is 33.8 Å². The molecular weight excluding hydrogens is 1680 g/mol. The maximum Gasteiger partial charge on any atom is 0.422 e. The minimum Gasteiger partial charge on any atom is -0.344 e. The Morgan fingerprint density at radius 3 is 0.878 bits per heavy atom. The Morgan fingerprint density at radius 1 is 0.252 bits per heavy atom. The van der Waals surface area contributed by atoms with Crippen LogP contribution in [-0.4, -0.2) is 9.13 Å².